The number of aromatic nitrogens is 1. The summed E-state index contributed by atoms with van der Waals surface area (Å²) in [5.74, 6) is 0. The van der Waals surface area contributed by atoms with Crippen molar-refractivity contribution in [3.05, 3.63) is 30.1 Å². The summed E-state index contributed by atoms with van der Waals surface area (Å²) in [6.45, 7) is 4.13. The summed E-state index contributed by atoms with van der Waals surface area (Å²) in [7, 11) is 3.28. The van der Waals surface area contributed by atoms with Gasteiger partial charge in [0, 0.05) is 32.7 Å². The Labute approximate surface area is 97.0 Å². The highest BCUT2D eigenvalue weighted by Gasteiger charge is 2.18. The summed E-state index contributed by atoms with van der Waals surface area (Å²) in [5, 5.41) is 3.41. The number of hydrogen-bond donors (Lipinski definition) is 1. The second-order valence-corrected chi connectivity index (χ2v) is 3.80. The van der Waals surface area contributed by atoms with Gasteiger partial charge in [-0.15, -0.1) is 0 Å². The van der Waals surface area contributed by atoms with E-state index in [1.165, 1.54) is 0 Å². The molecule has 1 N–H and O–H groups in total. The average Bonchev–Trinajstić information content (AvgIpc) is 2.31. The minimum absolute atomic E-state index is 0.116. The van der Waals surface area contributed by atoms with E-state index < -0.39 is 0 Å². The van der Waals surface area contributed by atoms with Crippen LogP contribution in [0.25, 0.3) is 0 Å². The topological polar surface area (TPSA) is 43.4 Å². The molecule has 90 valence electrons. The molecule has 1 heterocycles. The molecule has 2 unspecified atom stereocenters. The first-order valence-electron chi connectivity index (χ1n) is 5.40. The van der Waals surface area contributed by atoms with Crippen LogP contribution in [-0.4, -0.2) is 31.5 Å². The van der Waals surface area contributed by atoms with Crippen LogP contribution in [0.15, 0.2) is 24.5 Å². The molecular formula is C12H20N2O2. The van der Waals surface area contributed by atoms with E-state index in [1.54, 1.807) is 20.4 Å². The van der Waals surface area contributed by atoms with Gasteiger partial charge in [0.2, 0.25) is 0 Å². The molecule has 1 rings (SSSR count). The molecule has 4 heteroatoms. The number of ether oxygens (including phenoxy) is 2. The van der Waals surface area contributed by atoms with Crippen molar-refractivity contribution in [2.45, 2.75) is 32.2 Å². The number of pyridine rings is 1. The van der Waals surface area contributed by atoms with Crippen molar-refractivity contribution in [1.82, 2.24) is 10.3 Å². The van der Waals surface area contributed by atoms with E-state index in [0.717, 1.165) is 5.56 Å². The molecule has 0 aliphatic carbocycles. The van der Waals surface area contributed by atoms with Crippen LogP contribution in [0.5, 0.6) is 0 Å². The summed E-state index contributed by atoms with van der Waals surface area (Å²) in [6.07, 6.45) is 3.39. The lowest BCUT2D eigenvalue weighted by molar-refractivity contribution is -0.120. The van der Waals surface area contributed by atoms with Crippen LogP contribution < -0.4 is 5.32 Å². The van der Waals surface area contributed by atoms with Crippen LogP contribution in [-0.2, 0) is 9.47 Å². The third kappa shape index (κ3) is 3.56. The second-order valence-electron chi connectivity index (χ2n) is 3.80. The molecule has 0 amide bonds. The Balaban J connectivity index is 2.54. The Kier molecular flexibility index (Phi) is 5.38. The normalized spacial score (nSPS) is 15.1. The zero-order chi connectivity index (χ0) is 12.0. The SMILES string of the molecule is COC(OC)C(C)NC(C)c1cccnc1. The van der Waals surface area contributed by atoms with Crippen molar-refractivity contribution in [3.63, 3.8) is 0 Å². The maximum absolute atomic E-state index is 5.20. The predicted molar refractivity (Wildman–Crippen MR) is 63.1 cm³/mol. The molecule has 16 heavy (non-hydrogen) atoms. The molecule has 0 aliphatic rings. The van der Waals surface area contributed by atoms with Crippen LogP contribution in [0, 0.1) is 0 Å². The molecule has 0 saturated heterocycles. The second kappa shape index (κ2) is 6.58. The van der Waals surface area contributed by atoms with Crippen LogP contribution in [0.3, 0.4) is 0 Å². The molecule has 0 aliphatic heterocycles. The number of methoxy groups -OCH3 is 2. The lowest BCUT2D eigenvalue weighted by atomic mass is 10.1. The minimum Gasteiger partial charge on any atom is -0.354 e. The lowest BCUT2D eigenvalue weighted by Gasteiger charge is -2.25. The summed E-state index contributed by atoms with van der Waals surface area (Å²) >= 11 is 0. The number of nitrogens with zero attached hydrogens (tertiary/aromatic N) is 1. The van der Waals surface area contributed by atoms with Gasteiger partial charge in [-0.3, -0.25) is 4.98 Å². The molecule has 2 atom stereocenters. The van der Waals surface area contributed by atoms with Gasteiger partial charge in [0.1, 0.15) is 0 Å². The average molecular weight is 224 g/mol. The molecule has 0 saturated carbocycles. The maximum Gasteiger partial charge on any atom is 0.171 e. The van der Waals surface area contributed by atoms with E-state index in [0.29, 0.717) is 0 Å². The van der Waals surface area contributed by atoms with Crippen molar-refractivity contribution >= 4 is 0 Å². The first-order valence-corrected chi connectivity index (χ1v) is 5.40. The van der Waals surface area contributed by atoms with Crippen LogP contribution >= 0.6 is 0 Å². The number of rotatable bonds is 6. The van der Waals surface area contributed by atoms with Crippen LogP contribution in [0.1, 0.15) is 25.5 Å². The Morgan fingerprint density at radius 1 is 1.25 bits per heavy atom. The fourth-order valence-electron chi connectivity index (χ4n) is 1.71. The smallest absolute Gasteiger partial charge is 0.171 e. The number of hydrogen-bond acceptors (Lipinski definition) is 4. The molecule has 4 nitrogen and oxygen atoms in total. The Morgan fingerprint density at radius 3 is 2.44 bits per heavy atom. The van der Waals surface area contributed by atoms with Crippen molar-refractivity contribution < 1.29 is 9.47 Å². The first-order chi connectivity index (χ1) is 7.69. The van der Waals surface area contributed by atoms with Crippen molar-refractivity contribution in [2.24, 2.45) is 0 Å². The zero-order valence-electron chi connectivity index (χ0n) is 10.3. The molecule has 0 spiro atoms. The fraction of sp³-hybridized carbons (Fsp3) is 0.583. The van der Waals surface area contributed by atoms with E-state index in [4.69, 9.17) is 9.47 Å². The number of nitrogens with one attached hydrogen (secondary N) is 1. The van der Waals surface area contributed by atoms with E-state index in [2.05, 4.69) is 17.2 Å². The quantitative estimate of drug-likeness (QED) is 0.747. The van der Waals surface area contributed by atoms with Gasteiger partial charge in [0.15, 0.2) is 6.29 Å². The van der Waals surface area contributed by atoms with Gasteiger partial charge in [0.25, 0.3) is 0 Å². The predicted octanol–water partition coefficient (Wildman–Crippen LogP) is 1.74. The largest absolute Gasteiger partial charge is 0.354 e. The van der Waals surface area contributed by atoms with Crippen LogP contribution in [0.2, 0.25) is 0 Å². The zero-order valence-corrected chi connectivity index (χ0v) is 10.3. The summed E-state index contributed by atoms with van der Waals surface area (Å²) in [4.78, 5) is 4.10. The molecule has 1 aromatic rings. The Morgan fingerprint density at radius 2 is 1.94 bits per heavy atom. The highest BCUT2D eigenvalue weighted by molar-refractivity contribution is 5.12. The van der Waals surface area contributed by atoms with E-state index in [9.17, 15) is 0 Å². The van der Waals surface area contributed by atoms with Crippen LogP contribution in [0.4, 0.5) is 0 Å². The van der Waals surface area contributed by atoms with Gasteiger partial charge >= 0.3 is 0 Å². The summed E-state index contributed by atoms with van der Waals surface area (Å²) in [6, 6.07) is 4.32. The van der Waals surface area contributed by atoms with Crippen molar-refractivity contribution in [3.8, 4) is 0 Å². The Bertz CT molecular complexity index is 288. The molecule has 0 aromatic carbocycles. The highest BCUT2D eigenvalue weighted by Crippen LogP contribution is 2.12. The van der Waals surface area contributed by atoms with Crippen molar-refractivity contribution in [2.75, 3.05) is 14.2 Å². The molecular weight excluding hydrogens is 204 g/mol. The van der Waals surface area contributed by atoms with Gasteiger partial charge in [-0.1, -0.05) is 6.07 Å². The summed E-state index contributed by atoms with van der Waals surface area (Å²) in [5.41, 5.74) is 1.15. The first kappa shape index (κ1) is 13.1. The minimum atomic E-state index is -0.237. The van der Waals surface area contributed by atoms with E-state index in [1.807, 2.05) is 25.3 Å². The van der Waals surface area contributed by atoms with Gasteiger partial charge in [-0.05, 0) is 25.5 Å². The van der Waals surface area contributed by atoms with Gasteiger partial charge in [0.05, 0.1) is 6.04 Å². The van der Waals surface area contributed by atoms with Gasteiger partial charge < -0.3 is 14.8 Å². The monoisotopic (exact) mass is 224 g/mol. The molecule has 0 bridgehead atoms. The third-order valence-corrected chi connectivity index (χ3v) is 2.57. The molecule has 1 aromatic heterocycles. The molecule has 0 radical (unpaired) electrons. The standard InChI is InChI=1S/C12H20N2O2/c1-9(11-6-5-7-13-8-11)14-10(2)12(15-3)16-4/h5-10,12,14H,1-4H3. The third-order valence-electron chi connectivity index (χ3n) is 2.57. The summed E-state index contributed by atoms with van der Waals surface area (Å²) < 4.78 is 10.4. The van der Waals surface area contributed by atoms with E-state index >= 15 is 0 Å². The van der Waals surface area contributed by atoms with Gasteiger partial charge in [-0.25, -0.2) is 0 Å². The fourth-order valence-corrected chi connectivity index (χ4v) is 1.71. The Hall–Kier alpha value is -0.970. The molecule has 0 fully saturated rings. The van der Waals surface area contributed by atoms with E-state index in [-0.39, 0.29) is 18.4 Å². The lowest BCUT2D eigenvalue weighted by Crippen LogP contribution is -2.40. The highest BCUT2D eigenvalue weighted by atomic mass is 16.7. The van der Waals surface area contributed by atoms with Gasteiger partial charge in [-0.2, -0.15) is 0 Å². The maximum atomic E-state index is 5.20. The van der Waals surface area contributed by atoms with Crippen molar-refractivity contribution in [1.29, 1.82) is 0 Å².